The van der Waals surface area contributed by atoms with Gasteiger partial charge in [0.1, 0.15) is 5.75 Å². The Hall–Kier alpha value is -3.73. The first-order valence-electron chi connectivity index (χ1n) is 11.6. The van der Waals surface area contributed by atoms with E-state index in [0.29, 0.717) is 31.3 Å². The van der Waals surface area contributed by atoms with Gasteiger partial charge in [0.2, 0.25) is 5.88 Å². The van der Waals surface area contributed by atoms with Crippen LogP contribution in [-0.2, 0) is 10.9 Å². The molecule has 2 saturated heterocycles. The molecule has 8 nitrogen and oxygen atoms in total. The highest BCUT2D eigenvalue weighted by molar-refractivity contribution is 5.88. The largest absolute Gasteiger partial charge is 0.439 e. The first-order valence-corrected chi connectivity index (χ1v) is 11.6. The minimum Gasteiger partial charge on any atom is -0.439 e. The number of rotatable bonds is 4. The van der Waals surface area contributed by atoms with Crippen LogP contribution in [0.3, 0.4) is 0 Å². The number of hydrogen-bond acceptors (Lipinski definition) is 6. The Morgan fingerprint density at radius 2 is 1.97 bits per heavy atom. The Labute approximate surface area is 205 Å². The Bertz CT molecular complexity index is 1200. The number of hydrogen-bond donors (Lipinski definition) is 1. The van der Waals surface area contributed by atoms with E-state index in [1.54, 1.807) is 29.3 Å². The van der Waals surface area contributed by atoms with Gasteiger partial charge in [-0.3, -0.25) is 5.32 Å². The third-order valence-corrected chi connectivity index (χ3v) is 6.59. The molecule has 0 saturated carbocycles. The fraction of sp³-hybridized carbons (Fsp3) is 0.360. The molecule has 1 atom stereocenters. The Balaban J connectivity index is 1.17. The van der Waals surface area contributed by atoms with Crippen molar-refractivity contribution in [2.24, 2.45) is 0 Å². The van der Waals surface area contributed by atoms with Crippen molar-refractivity contribution in [2.45, 2.75) is 37.0 Å². The Morgan fingerprint density at radius 3 is 2.67 bits per heavy atom. The van der Waals surface area contributed by atoms with E-state index in [-0.39, 0.29) is 23.4 Å². The van der Waals surface area contributed by atoms with Crippen LogP contribution in [-0.4, -0.2) is 51.4 Å². The van der Waals surface area contributed by atoms with Crippen LogP contribution in [0.5, 0.6) is 11.6 Å². The fourth-order valence-electron chi connectivity index (χ4n) is 4.64. The van der Waals surface area contributed by atoms with Crippen LogP contribution in [0.15, 0.2) is 60.9 Å². The normalized spacial score (nSPS) is 19.3. The summed E-state index contributed by atoms with van der Waals surface area (Å²) in [6.07, 6.45) is 0.121. The van der Waals surface area contributed by atoms with Crippen LogP contribution in [0.4, 0.5) is 23.8 Å². The van der Waals surface area contributed by atoms with Gasteiger partial charge in [-0.15, -0.1) is 5.10 Å². The Kier molecular flexibility index (Phi) is 6.48. The second-order valence-corrected chi connectivity index (χ2v) is 8.98. The number of piperidine rings is 1. The van der Waals surface area contributed by atoms with Gasteiger partial charge in [-0.2, -0.15) is 18.3 Å². The number of alkyl halides is 3. The molecule has 2 aliphatic rings. The first-order chi connectivity index (χ1) is 17.3. The van der Waals surface area contributed by atoms with Gasteiger partial charge in [-0.1, -0.05) is 12.1 Å². The molecule has 2 amide bonds. The van der Waals surface area contributed by atoms with Crippen molar-refractivity contribution >= 4 is 11.8 Å². The quantitative estimate of drug-likeness (QED) is 0.527. The summed E-state index contributed by atoms with van der Waals surface area (Å²) >= 11 is 0. The van der Waals surface area contributed by atoms with Crippen LogP contribution in [0.2, 0.25) is 0 Å². The SMILES string of the molecule is O=C(Nc1cccnn1)N1CCC2(CC1)C[C@H](c1cccc(Oc3ccc(C(F)(F)F)cn3)c1)CO2. The second-order valence-electron chi connectivity index (χ2n) is 8.98. The van der Waals surface area contributed by atoms with Crippen molar-refractivity contribution in [3.63, 3.8) is 0 Å². The minimum absolute atomic E-state index is 0.0893. The topological polar surface area (TPSA) is 89.5 Å². The number of pyridine rings is 1. The monoisotopic (exact) mass is 499 g/mol. The van der Waals surface area contributed by atoms with Gasteiger partial charge in [0.05, 0.1) is 17.8 Å². The molecule has 2 aromatic heterocycles. The predicted molar refractivity (Wildman–Crippen MR) is 124 cm³/mol. The second kappa shape index (κ2) is 9.73. The van der Waals surface area contributed by atoms with Crippen molar-refractivity contribution < 1.29 is 27.4 Å². The van der Waals surface area contributed by atoms with Crippen molar-refractivity contribution in [1.29, 1.82) is 0 Å². The predicted octanol–water partition coefficient (Wildman–Crippen LogP) is 5.25. The minimum atomic E-state index is -4.44. The molecule has 36 heavy (non-hydrogen) atoms. The number of amides is 2. The third kappa shape index (κ3) is 5.40. The molecule has 4 heterocycles. The van der Waals surface area contributed by atoms with Crippen molar-refractivity contribution in [2.75, 3.05) is 25.0 Å². The number of likely N-dealkylation sites (tertiary alicyclic amines) is 1. The summed E-state index contributed by atoms with van der Waals surface area (Å²) in [6.45, 7) is 1.69. The van der Waals surface area contributed by atoms with Crippen LogP contribution >= 0.6 is 0 Å². The van der Waals surface area contributed by atoms with Gasteiger partial charge in [-0.05, 0) is 55.2 Å². The molecule has 2 fully saturated rings. The molecule has 1 aromatic carbocycles. The highest BCUT2D eigenvalue weighted by Gasteiger charge is 2.44. The lowest BCUT2D eigenvalue weighted by atomic mass is 9.83. The number of halogens is 3. The highest BCUT2D eigenvalue weighted by atomic mass is 19.4. The molecular weight excluding hydrogens is 475 g/mol. The maximum absolute atomic E-state index is 12.8. The van der Waals surface area contributed by atoms with Crippen molar-refractivity contribution in [1.82, 2.24) is 20.1 Å². The summed E-state index contributed by atoms with van der Waals surface area (Å²) in [5.74, 6) is 1.14. The number of carbonyl (C=O) groups excluding carboxylic acids is 1. The summed E-state index contributed by atoms with van der Waals surface area (Å²) < 4.78 is 50.2. The van der Waals surface area contributed by atoms with Crippen LogP contribution in [0, 0.1) is 0 Å². The van der Waals surface area contributed by atoms with Gasteiger partial charge < -0.3 is 14.4 Å². The van der Waals surface area contributed by atoms with Gasteiger partial charge in [0.15, 0.2) is 5.82 Å². The summed E-state index contributed by atoms with van der Waals surface area (Å²) in [4.78, 5) is 18.1. The van der Waals surface area contributed by atoms with Gasteiger partial charge in [0, 0.05) is 37.5 Å². The maximum atomic E-state index is 12.8. The van der Waals surface area contributed by atoms with Gasteiger partial charge in [0.25, 0.3) is 0 Å². The lowest BCUT2D eigenvalue weighted by Gasteiger charge is -2.38. The van der Waals surface area contributed by atoms with Gasteiger partial charge >= 0.3 is 12.2 Å². The number of anilines is 1. The molecule has 5 rings (SSSR count). The smallest absolute Gasteiger partial charge is 0.417 e. The lowest BCUT2D eigenvalue weighted by Crippen LogP contribution is -2.47. The zero-order chi connectivity index (χ0) is 25.2. The summed E-state index contributed by atoms with van der Waals surface area (Å²) in [7, 11) is 0. The molecule has 0 bridgehead atoms. The number of nitrogens with one attached hydrogen (secondary N) is 1. The molecule has 2 aliphatic heterocycles. The van der Waals surface area contributed by atoms with E-state index < -0.39 is 11.7 Å². The highest BCUT2D eigenvalue weighted by Crippen LogP contribution is 2.43. The first kappa shape index (κ1) is 24.0. The van der Waals surface area contributed by atoms with Crippen LogP contribution in [0.25, 0.3) is 0 Å². The van der Waals surface area contributed by atoms with Gasteiger partial charge in [-0.25, -0.2) is 9.78 Å². The van der Waals surface area contributed by atoms with E-state index in [4.69, 9.17) is 9.47 Å². The molecule has 0 aliphatic carbocycles. The number of benzene rings is 1. The van der Waals surface area contributed by atoms with Crippen LogP contribution in [0.1, 0.15) is 36.3 Å². The van der Waals surface area contributed by atoms with E-state index in [0.717, 1.165) is 37.1 Å². The standard InChI is InChI=1S/C25H24F3N5O3/c26-25(27,28)19-6-7-22(29-15-19)36-20-4-1-3-17(13-20)18-14-24(35-16-18)8-11-33(12-9-24)23(34)31-21-5-2-10-30-32-21/h1-7,10,13,15,18H,8-9,11-12,14,16H2,(H,31,32,34)/t18-/m0/s1. The van der Waals surface area contributed by atoms with E-state index in [1.165, 1.54) is 6.07 Å². The van der Waals surface area contributed by atoms with E-state index in [9.17, 15) is 18.0 Å². The Morgan fingerprint density at radius 1 is 1.14 bits per heavy atom. The maximum Gasteiger partial charge on any atom is 0.417 e. The molecule has 11 heteroatoms. The average Bonchev–Trinajstić information content (AvgIpc) is 3.28. The van der Waals surface area contributed by atoms with E-state index in [2.05, 4.69) is 20.5 Å². The lowest BCUT2D eigenvalue weighted by molar-refractivity contribution is -0.137. The van der Waals surface area contributed by atoms with E-state index >= 15 is 0 Å². The summed E-state index contributed by atoms with van der Waals surface area (Å²) in [6, 6.07) is 12.8. The summed E-state index contributed by atoms with van der Waals surface area (Å²) in [5.41, 5.74) is -0.0896. The van der Waals surface area contributed by atoms with Crippen molar-refractivity contribution in [3.05, 3.63) is 72.1 Å². The molecule has 188 valence electrons. The van der Waals surface area contributed by atoms with Crippen LogP contribution < -0.4 is 10.1 Å². The zero-order valence-electron chi connectivity index (χ0n) is 19.2. The molecule has 3 aromatic rings. The number of urea groups is 1. The number of nitrogens with zero attached hydrogens (tertiary/aromatic N) is 4. The number of ether oxygens (including phenoxy) is 2. The summed E-state index contributed by atoms with van der Waals surface area (Å²) in [5, 5.41) is 10.4. The molecular formula is C25H24F3N5O3. The fourth-order valence-corrected chi connectivity index (χ4v) is 4.64. The zero-order valence-corrected chi connectivity index (χ0v) is 19.2. The molecule has 0 radical (unpaired) electrons. The molecule has 1 spiro atoms. The number of aromatic nitrogens is 3. The van der Waals surface area contributed by atoms with Crippen molar-refractivity contribution in [3.8, 4) is 11.6 Å². The average molecular weight is 499 g/mol. The van der Waals surface area contributed by atoms with E-state index in [1.807, 2.05) is 18.2 Å². The number of carbonyl (C=O) groups is 1. The third-order valence-electron chi connectivity index (χ3n) is 6.59. The molecule has 0 unspecified atom stereocenters. The molecule has 1 N–H and O–H groups in total.